The fourth-order valence-corrected chi connectivity index (χ4v) is 6.84. The van der Waals surface area contributed by atoms with E-state index in [9.17, 15) is 18.0 Å². The fraction of sp³-hybridized carbons (Fsp3) is 0.714. The van der Waals surface area contributed by atoms with Crippen LogP contribution in [-0.2, 0) is 23.1 Å². The van der Waals surface area contributed by atoms with Gasteiger partial charge in [0.15, 0.2) is 5.69 Å². The smallest absolute Gasteiger partial charge is 0.356 e. The summed E-state index contributed by atoms with van der Waals surface area (Å²) < 4.78 is 41.8. The second-order valence-electron chi connectivity index (χ2n) is 9.93. The van der Waals surface area contributed by atoms with Crippen molar-refractivity contribution in [2.75, 3.05) is 6.54 Å². The van der Waals surface area contributed by atoms with Crippen molar-refractivity contribution >= 4 is 17.5 Å². The van der Waals surface area contributed by atoms with Gasteiger partial charge in [-0.05, 0) is 81.4 Å². The number of aromatic nitrogens is 5. The zero-order valence-corrected chi connectivity index (χ0v) is 18.6. The number of nitrogens with zero attached hydrogens (tertiary/aromatic N) is 5. The van der Waals surface area contributed by atoms with Gasteiger partial charge in [0.1, 0.15) is 6.33 Å². The van der Waals surface area contributed by atoms with Crippen LogP contribution < -0.4 is 5.32 Å². The summed E-state index contributed by atoms with van der Waals surface area (Å²) in [5, 5.41) is 11.3. The maximum Gasteiger partial charge on any atom is 0.435 e. The predicted molar refractivity (Wildman–Crippen MR) is 110 cm³/mol. The van der Waals surface area contributed by atoms with Crippen molar-refractivity contribution in [2.24, 2.45) is 17.3 Å². The minimum absolute atomic E-state index is 0.0513. The van der Waals surface area contributed by atoms with Crippen LogP contribution in [0.3, 0.4) is 0 Å². The molecule has 0 saturated heterocycles. The van der Waals surface area contributed by atoms with Gasteiger partial charge in [-0.2, -0.15) is 18.3 Å². The highest BCUT2D eigenvalue weighted by atomic mass is 35.5. The van der Waals surface area contributed by atoms with Gasteiger partial charge in [-0.1, -0.05) is 0 Å². The molecule has 2 aromatic heterocycles. The van der Waals surface area contributed by atoms with Gasteiger partial charge >= 0.3 is 6.18 Å². The van der Waals surface area contributed by atoms with Gasteiger partial charge in [0.05, 0.1) is 11.0 Å². The molecule has 2 atom stereocenters. The number of amides is 1. The first kappa shape index (κ1) is 21.7. The van der Waals surface area contributed by atoms with Crippen LogP contribution in [0.15, 0.2) is 12.4 Å². The van der Waals surface area contributed by atoms with Crippen molar-refractivity contribution in [3.8, 4) is 0 Å². The highest BCUT2D eigenvalue weighted by Gasteiger charge is 2.61. The van der Waals surface area contributed by atoms with Crippen LogP contribution >= 0.6 is 11.6 Å². The van der Waals surface area contributed by atoms with Crippen molar-refractivity contribution in [3.05, 3.63) is 29.1 Å². The van der Waals surface area contributed by atoms with E-state index in [1.807, 2.05) is 4.68 Å². The molecule has 2 aromatic rings. The molecule has 4 saturated carbocycles. The van der Waals surface area contributed by atoms with Crippen LogP contribution in [0.4, 0.5) is 13.2 Å². The molecule has 1 N–H and O–H groups in total. The third-order valence-electron chi connectivity index (χ3n) is 7.57. The molecule has 11 heteroatoms. The van der Waals surface area contributed by atoms with Crippen molar-refractivity contribution in [3.63, 3.8) is 0 Å². The second kappa shape index (κ2) is 7.46. The SMILES string of the molecule is Cc1cc(C(F)(F)F)nn1CCCNC(=O)C12CC3CC(C1)CC(n1cnc(Cl)n1)(C3)C2. The van der Waals surface area contributed by atoms with E-state index in [0.29, 0.717) is 37.0 Å². The number of aryl methyl sites for hydroxylation is 2. The van der Waals surface area contributed by atoms with Gasteiger partial charge in [-0.15, -0.1) is 5.10 Å². The van der Waals surface area contributed by atoms with E-state index in [-0.39, 0.29) is 16.7 Å². The number of carbonyl (C=O) groups excluding carboxylic acids is 1. The van der Waals surface area contributed by atoms with E-state index in [2.05, 4.69) is 20.5 Å². The fourth-order valence-electron chi connectivity index (χ4n) is 6.71. The number of hydrogen-bond acceptors (Lipinski definition) is 4. The Kier molecular flexibility index (Phi) is 5.07. The lowest BCUT2D eigenvalue weighted by Crippen LogP contribution is -2.61. The first-order valence-electron chi connectivity index (χ1n) is 11.1. The Hall–Kier alpha value is -2.10. The Morgan fingerprint density at radius 2 is 1.97 bits per heavy atom. The van der Waals surface area contributed by atoms with Gasteiger partial charge in [0.2, 0.25) is 11.2 Å². The van der Waals surface area contributed by atoms with Gasteiger partial charge in [0, 0.05) is 18.8 Å². The summed E-state index contributed by atoms with van der Waals surface area (Å²) in [5.41, 5.74) is -1.06. The Morgan fingerprint density at radius 3 is 2.56 bits per heavy atom. The van der Waals surface area contributed by atoms with E-state index in [4.69, 9.17) is 11.6 Å². The summed E-state index contributed by atoms with van der Waals surface area (Å²) in [7, 11) is 0. The van der Waals surface area contributed by atoms with Crippen LogP contribution in [0, 0.1) is 24.2 Å². The molecular formula is C21H26ClF3N6O. The van der Waals surface area contributed by atoms with Crippen molar-refractivity contribution in [1.29, 1.82) is 0 Å². The average Bonchev–Trinajstić information content (AvgIpc) is 3.30. The average molecular weight is 471 g/mol. The second-order valence-corrected chi connectivity index (χ2v) is 10.3. The molecular weight excluding hydrogens is 445 g/mol. The van der Waals surface area contributed by atoms with Crippen LogP contribution in [0.25, 0.3) is 0 Å². The van der Waals surface area contributed by atoms with Gasteiger partial charge in [-0.3, -0.25) is 9.48 Å². The van der Waals surface area contributed by atoms with Crippen molar-refractivity contribution in [1.82, 2.24) is 29.9 Å². The lowest BCUT2D eigenvalue weighted by Gasteiger charge is -2.60. The summed E-state index contributed by atoms with van der Waals surface area (Å²) in [4.78, 5) is 17.4. The lowest BCUT2D eigenvalue weighted by molar-refractivity contribution is -0.156. The lowest BCUT2D eigenvalue weighted by atomic mass is 9.46. The Balaban J connectivity index is 1.23. The topological polar surface area (TPSA) is 77.6 Å². The van der Waals surface area contributed by atoms with Gasteiger partial charge < -0.3 is 5.32 Å². The summed E-state index contributed by atoms with van der Waals surface area (Å²) in [6.45, 7) is 2.33. The molecule has 4 bridgehead atoms. The molecule has 6 rings (SSSR count). The molecule has 1 amide bonds. The van der Waals surface area contributed by atoms with Crippen LogP contribution in [0.2, 0.25) is 5.28 Å². The summed E-state index contributed by atoms with van der Waals surface area (Å²) in [5.74, 6) is 1.02. The molecule has 7 nitrogen and oxygen atoms in total. The molecule has 4 fully saturated rings. The summed E-state index contributed by atoms with van der Waals surface area (Å²) in [6, 6.07) is 1.05. The maximum absolute atomic E-state index is 13.3. The largest absolute Gasteiger partial charge is 0.435 e. The standard InChI is InChI=1S/C21H26ClF3N6O/c1-13-5-16(21(23,24)25)28-30(13)4-2-3-26-17(32)19-7-14-6-15(8-19)10-20(9-14,11-19)31-12-27-18(22)29-31/h5,12,14-15H,2-4,6-11H2,1H3,(H,26,32). The number of halogens is 4. The first-order valence-corrected chi connectivity index (χ1v) is 11.4. The van der Waals surface area contributed by atoms with Gasteiger partial charge in [-0.25, -0.2) is 9.67 Å². The molecule has 2 unspecified atom stereocenters. The maximum atomic E-state index is 13.3. The molecule has 0 aliphatic heterocycles. The van der Waals surface area contributed by atoms with Crippen LogP contribution in [0.5, 0.6) is 0 Å². The number of alkyl halides is 3. The Morgan fingerprint density at radius 1 is 1.25 bits per heavy atom. The molecule has 0 spiro atoms. The first-order chi connectivity index (χ1) is 15.1. The normalized spacial score (nSPS) is 31.3. The van der Waals surface area contributed by atoms with E-state index in [1.165, 1.54) is 4.68 Å². The summed E-state index contributed by atoms with van der Waals surface area (Å²) in [6.07, 6.45) is 3.38. The molecule has 174 valence electrons. The van der Waals surface area contributed by atoms with E-state index < -0.39 is 17.3 Å². The van der Waals surface area contributed by atoms with Crippen LogP contribution in [-0.4, -0.2) is 37.0 Å². The van der Waals surface area contributed by atoms with E-state index >= 15 is 0 Å². The summed E-state index contributed by atoms with van der Waals surface area (Å²) >= 11 is 5.98. The number of nitrogens with one attached hydrogen (secondary N) is 1. The Bertz CT molecular complexity index is 1020. The van der Waals surface area contributed by atoms with E-state index in [0.717, 1.165) is 44.6 Å². The van der Waals surface area contributed by atoms with Crippen molar-refractivity contribution < 1.29 is 18.0 Å². The number of carbonyl (C=O) groups is 1. The minimum Gasteiger partial charge on any atom is -0.356 e. The molecule has 2 heterocycles. The highest BCUT2D eigenvalue weighted by Crippen LogP contribution is 2.64. The molecule has 4 aliphatic carbocycles. The minimum atomic E-state index is -4.45. The number of hydrogen-bond donors (Lipinski definition) is 1. The third-order valence-corrected chi connectivity index (χ3v) is 7.74. The van der Waals surface area contributed by atoms with Crippen molar-refractivity contribution in [2.45, 2.75) is 70.1 Å². The quantitative estimate of drug-likeness (QED) is 0.648. The number of rotatable bonds is 6. The monoisotopic (exact) mass is 470 g/mol. The zero-order valence-electron chi connectivity index (χ0n) is 17.8. The molecule has 0 aromatic carbocycles. The third kappa shape index (κ3) is 3.70. The molecule has 32 heavy (non-hydrogen) atoms. The Labute approximate surface area is 188 Å². The zero-order chi connectivity index (χ0) is 22.7. The van der Waals surface area contributed by atoms with E-state index in [1.54, 1.807) is 13.3 Å². The molecule has 0 radical (unpaired) electrons. The predicted octanol–water partition coefficient (Wildman–Crippen LogP) is 3.96. The van der Waals surface area contributed by atoms with Crippen LogP contribution in [0.1, 0.15) is 56.3 Å². The molecule has 4 aliphatic rings. The van der Waals surface area contributed by atoms with Gasteiger partial charge in [0.25, 0.3) is 0 Å². The highest BCUT2D eigenvalue weighted by molar-refractivity contribution is 6.28.